The van der Waals surface area contributed by atoms with E-state index in [4.69, 9.17) is 11.6 Å². The van der Waals surface area contributed by atoms with Gasteiger partial charge in [-0.25, -0.2) is 0 Å². The Morgan fingerprint density at radius 3 is 2.62 bits per heavy atom. The van der Waals surface area contributed by atoms with E-state index in [1.807, 2.05) is 18.2 Å². The number of para-hydroxylation sites is 1. The standard InChI is InChI=1S/C17H18BrClN2/c18-15-11-14(7-8-16(15)19)20-12-13-5-1-2-6-17(13)21-9-3-4-10-21/h1-2,5-8,11,20H,3-4,9-10,12H2. The van der Waals surface area contributed by atoms with Gasteiger partial charge in [-0.15, -0.1) is 0 Å². The van der Waals surface area contributed by atoms with E-state index in [1.54, 1.807) is 0 Å². The molecule has 4 heteroatoms. The van der Waals surface area contributed by atoms with Crippen molar-refractivity contribution in [3.8, 4) is 0 Å². The lowest BCUT2D eigenvalue weighted by atomic mass is 10.1. The molecule has 0 aliphatic carbocycles. The summed E-state index contributed by atoms with van der Waals surface area (Å²) in [6, 6.07) is 14.6. The molecule has 2 nitrogen and oxygen atoms in total. The van der Waals surface area contributed by atoms with E-state index in [2.05, 4.69) is 50.4 Å². The van der Waals surface area contributed by atoms with Gasteiger partial charge in [-0.05, 0) is 58.6 Å². The van der Waals surface area contributed by atoms with Crippen molar-refractivity contribution in [3.05, 3.63) is 57.5 Å². The first-order valence-corrected chi connectivity index (χ1v) is 8.43. The molecule has 2 aromatic rings. The Balaban J connectivity index is 1.74. The summed E-state index contributed by atoms with van der Waals surface area (Å²) in [4.78, 5) is 2.48. The molecule has 2 aromatic carbocycles. The van der Waals surface area contributed by atoms with Gasteiger partial charge in [-0.3, -0.25) is 0 Å². The van der Waals surface area contributed by atoms with Crippen LogP contribution in [0.5, 0.6) is 0 Å². The molecule has 0 amide bonds. The second kappa shape index (κ2) is 6.71. The van der Waals surface area contributed by atoms with Crippen molar-refractivity contribution < 1.29 is 0 Å². The molecule has 0 radical (unpaired) electrons. The van der Waals surface area contributed by atoms with Crippen LogP contribution in [-0.4, -0.2) is 13.1 Å². The van der Waals surface area contributed by atoms with Gasteiger partial charge in [0.1, 0.15) is 0 Å². The molecule has 0 saturated carbocycles. The van der Waals surface area contributed by atoms with Gasteiger partial charge in [0.2, 0.25) is 0 Å². The smallest absolute Gasteiger partial charge is 0.0549 e. The van der Waals surface area contributed by atoms with E-state index in [0.717, 1.165) is 21.7 Å². The maximum atomic E-state index is 6.03. The zero-order valence-corrected chi connectivity index (χ0v) is 14.1. The van der Waals surface area contributed by atoms with Crippen molar-refractivity contribution in [2.45, 2.75) is 19.4 Å². The first kappa shape index (κ1) is 14.7. The summed E-state index contributed by atoms with van der Waals surface area (Å²) in [5, 5.41) is 4.21. The summed E-state index contributed by atoms with van der Waals surface area (Å²) in [5.41, 5.74) is 3.77. The summed E-state index contributed by atoms with van der Waals surface area (Å²) in [5.74, 6) is 0. The van der Waals surface area contributed by atoms with Gasteiger partial charge in [0, 0.05) is 35.5 Å². The number of hydrogen-bond donors (Lipinski definition) is 1. The molecule has 1 fully saturated rings. The molecular weight excluding hydrogens is 348 g/mol. The fraction of sp³-hybridized carbons (Fsp3) is 0.294. The molecule has 0 atom stereocenters. The van der Waals surface area contributed by atoms with Crippen molar-refractivity contribution in [3.63, 3.8) is 0 Å². The molecule has 0 bridgehead atoms. The minimum atomic E-state index is 0.734. The zero-order valence-electron chi connectivity index (χ0n) is 11.8. The normalized spacial score (nSPS) is 14.5. The molecule has 1 saturated heterocycles. The fourth-order valence-electron chi connectivity index (χ4n) is 2.73. The van der Waals surface area contributed by atoms with Crippen LogP contribution in [0.15, 0.2) is 46.9 Å². The fourth-order valence-corrected chi connectivity index (χ4v) is 3.23. The summed E-state index contributed by atoms with van der Waals surface area (Å²) < 4.78 is 0.919. The van der Waals surface area contributed by atoms with Gasteiger partial charge < -0.3 is 10.2 Å². The molecule has 0 spiro atoms. The molecule has 3 rings (SSSR count). The first-order chi connectivity index (χ1) is 10.2. The predicted molar refractivity (Wildman–Crippen MR) is 94.4 cm³/mol. The molecule has 110 valence electrons. The summed E-state index contributed by atoms with van der Waals surface area (Å²) in [6.45, 7) is 3.16. The van der Waals surface area contributed by atoms with Crippen molar-refractivity contribution in [1.29, 1.82) is 0 Å². The third-order valence-electron chi connectivity index (χ3n) is 3.84. The molecule has 1 N–H and O–H groups in total. The van der Waals surface area contributed by atoms with Gasteiger partial charge in [0.05, 0.1) is 5.02 Å². The highest BCUT2D eigenvalue weighted by Crippen LogP contribution is 2.28. The SMILES string of the molecule is Clc1ccc(NCc2ccccc2N2CCCC2)cc1Br. The lowest BCUT2D eigenvalue weighted by molar-refractivity contribution is 0.949. The van der Waals surface area contributed by atoms with Gasteiger partial charge in [-0.1, -0.05) is 29.8 Å². The van der Waals surface area contributed by atoms with Crippen LogP contribution in [0.4, 0.5) is 11.4 Å². The number of hydrogen-bond acceptors (Lipinski definition) is 2. The number of nitrogens with one attached hydrogen (secondary N) is 1. The Bertz CT molecular complexity index is 624. The molecule has 1 aliphatic heterocycles. The lowest BCUT2D eigenvalue weighted by Crippen LogP contribution is -2.19. The average molecular weight is 366 g/mol. The Morgan fingerprint density at radius 2 is 1.86 bits per heavy atom. The predicted octanol–water partition coefficient (Wildman–Crippen LogP) is 5.31. The third-order valence-corrected chi connectivity index (χ3v) is 5.05. The van der Waals surface area contributed by atoms with Crippen LogP contribution in [0.3, 0.4) is 0 Å². The number of halogens is 2. The summed E-state index contributed by atoms with van der Waals surface area (Å²) in [6.07, 6.45) is 2.60. The number of nitrogens with zero attached hydrogens (tertiary/aromatic N) is 1. The maximum Gasteiger partial charge on any atom is 0.0549 e. The van der Waals surface area contributed by atoms with Crippen molar-refractivity contribution >= 4 is 38.9 Å². The minimum Gasteiger partial charge on any atom is -0.381 e. The highest BCUT2D eigenvalue weighted by Gasteiger charge is 2.15. The maximum absolute atomic E-state index is 6.03. The van der Waals surface area contributed by atoms with E-state index < -0.39 is 0 Å². The second-order valence-electron chi connectivity index (χ2n) is 5.31. The van der Waals surface area contributed by atoms with Crippen LogP contribution in [0.2, 0.25) is 5.02 Å². The summed E-state index contributed by atoms with van der Waals surface area (Å²) >= 11 is 9.49. The highest BCUT2D eigenvalue weighted by molar-refractivity contribution is 9.10. The summed E-state index contributed by atoms with van der Waals surface area (Å²) in [7, 11) is 0. The Kier molecular flexibility index (Phi) is 4.71. The van der Waals surface area contributed by atoms with E-state index in [1.165, 1.54) is 37.2 Å². The number of anilines is 2. The Hall–Kier alpha value is -1.19. The number of rotatable bonds is 4. The van der Waals surface area contributed by atoms with Gasteiger partial charge >= 0.3 is 0 Å². The van der Waals surface area contributed by atoms with Gasteiger partial charge in [0.15, 0.2) is 0 Å². The molecular formula is C17H18BrClN2. The van der Waals surface area contributed by atoms with Gasteiger partial charge in [-0.2, -0.15) is 0 Å². The Labute approximate surface area is 139 Å². The second-order valence-corrected chi connectivity index (χ2v) is 6.57. The van der Waals surface area contributed by atoms with Crippen LogP contribution in [0, 0.1) is 0 Å². The first-order valence-electron chi connectivity index (χ1n) is 7.26. The quantitative estimate of drug-likeness (QED) is 0.789. The molecule has 0 aromatic heterocycles. The zero-order chi connectivity index (χ0) is 14.7. The Morgan fingerprint density at radius 1 is 1.10 bits per heavy atom. The number of benzene rings is 2. The highest BCUT2D eigenvalue weighted by atomic mass is 79.9. The van der Waals surface area contributed by atoms with Gasteiger partial charge in [0.25, 0.3) is 0 Å². The van der Waals surface area contributed by atoms with Crippen molar-refractivity contribution in [2.75, 3.05) is 23.3 Å². The molecule has 21 heavy (non-hydrogen) atoms. The molecule has 1 aliphatic rings. The van der Waals surface area contributed by atoms with E-state index in [9.17, 15) is 0 Å². The third kappa shape index (κ3) is 3.53. The van der Waals surface area contributed by atoms with Crippen molar-refractivity contribution in [1.82, 2.24) is 0 Å². The minimum absolute atomic E-state index is 0.734. The van der Waals surface area contributed by atoms with Crippen molar-refractivity contribution in [2.24, 2.45) is 0 Å². The molecule has 1 heterocycles. The molecule has 0 unspecified atom stereocenters. The van der Waals surface area contributed by atoms with Crippen LogP contribution in [-0.2, 0) is 6.54 Å². The largest absolute Gasteiger partial charge is 0.381 e. The van der Waals surface area contributed by atoms with Crippen LogP contribution in [0.1, 0.15) is 18.4 Å². The van der Waals surface area contributed by atoms with E-state index in [0.29, 0.717) is 0 Å². The van der Waals surface area contributed by atoms with Crippen LogP contribution in [0.25, 0.3) is 0 Å². The van der Waals surface area contributed by atoms with E-state index >= 15 is 0 Å². The lowest BCUT2D eigenvalue weighted by Gasteiger charge is -2.21. The monoisotopic (exact) mass is 364 g/mol. The van der Waals surface area contributed by atoms with Crippen LogP contribution < -0.4 is 10.2 Å². The van der Waals surface area contributed by atoms with Crippen LogP contribution >= 0.6 is 27.5 Å². The topological polar surface area (TPSA) is 15.3 Å². The average Bonchev–Trinajstić information content (AvgIpc) is 3.03. The van der Waals surface area contributed by atoms with E-state index in [-0.39, 0.29) is 0 Å².